The summed E-state index contributed by atoms with van der Waals surface area (Å²) in [7, 11) is 1.62. The molecule has 0 radical (unpaired) electrons. The summed E-state index contributed by atoms with van der Waals surface area (Å²) in [6.07, 6.45) is 0. The van der Waals surface area contributed by atoms with Crippen LogP contribution < -0.4 is 15.2 Å². The van der Waals surface area contributed by atoms with Crippen molar-refractivity contribution < 1.29 is 14.6 Å². The smallest absolute Gasteiger partial charge is 0.220 e. The van der Waals surface area contributed by atoms with Crippen LogP contribution in [0, 0.1) is 6.92 Å². The summed E-state index contributed by atoms with van der Waals surface area (Å²) in [6, 6.07) is 20.1. The van der Waals surface area contributed by atoms with Gasteiger partial charge in [-0.15, -0.1) is 0 Å². The fraction of sp³-hybridized carbons (Fsp3) is 0.120. The number of anilines is 1. The van der Waals surface area contributed by atoms with Gasteiger partial charge >= 0.3 is 0 Å². The number of rotatable bonds is 6. The average molecular weight is 448 g/mol. The third-order valence-corrected chi connectivity index (χ3v) is 5.28. The van der Waals surface area contributed by atoms with E-state index in [-0.39, 0.29) is 11.7 Å². The number of aryl methyl sites for hydroxylation is 1. The van der Waals surface area contributed by atoms with E-state index in [4.69, 9.17) is 26.8 Å². The summed E-state index contributed by atoms with van der Waals surface area (Å²) in [6.45, 7) is 2.22. The summed E-state index contributed by atoms with van der Waals surface area (Å²) in [5, 5.41) is 11.5. The summed E-state index contributed by atoms with van der Waals surface area (Å²) in [4.78, 5) is 8.75. The first-order valence-electron chi connectivity index (χ1n) is 9.94. The second-order valence-electron chi connectivity index (χ2n) is 7.21. The number of ether oxygens (including phenoxy) is 2. The molecule has 0 atom stereocenters. The molecule has 0 aliphatic heterocycles. The van der Waals surface area contributed by atoms with Gasteiger partial charge in [0, 0.05) is 22.2 Å². The third-order valence-electron chi connectivity index (χ3n) is 5.03. The van der Waals surface area contributed by atoms with Gasteiger partial charge in [0.15, 0.2) is 0 Å². The molecule has 0 fully saturated rings. The normalized spacial score (nSPS) is 10.7. The lowest BCUT2D eigenvalue weighted by Gasteiger charge is -2.15. The van der Waals surface area contributed by atoms with Crippen LogP contribution >= 0.6 is 11.6 Å². The highest BCUT2D eigenvalue weighted by Crippen LogP contribution is 2.39. The first kappa shape index (κ1) is 21.5. The van der Waals surface area contributed by atoms with Crippen LogP contribution in [0.1, 0.15) is 11.3 Å². The molecule has 6 nitrogen and oxygen atoms in total. The Hall–Kier alpha value is -3.77. The van der Waals surface area contributed by atoms with Crippen LogP contribution in [0.4, 0.5) is 5.95 Å². The second-order valence-corrected chi connectivity index (χ2v) is 7.65. The van der Waals surface area contributed by atoms with Gasteiger partial charge in [0.1, 0.15) is 23.9 Å². The molecule has 7 heteroatoms. The monoisotopic (exact) mass is 447 g/mol. The highest BCUT2D eigenvalue weighted by Gasteiger charge is 2.18. The Kier molecular flexibility index (Phi) is 6.14. The lowest BCUT2D eigenvalue weighted by atomic mass is 9.97. The van der Waals surface area contributed by atoms with E-state index in [0.29, 0.717) is 34.3 Å². The molecule has 1 heterocycles. The molecular weight excluding hydrogens is 426 g/mol. The number of phenols is 1. The molecule has 4 aromatic rings. The maximum Gasteiger partial charge on any atom is 0.220 e. The maximum atomic E-state index is 10.8. The minimum absolute atomic E-state index is 0.0332. The summed E-state index contributed by atoms with van der Waals surface area (Å²) in [5.74, 6) is 1.45. The van der Waals surface area contributed by atoms with E-state index >= 15 is 0 Å². The number of nitrogens with zero attached hydrogens (tertiary/aromatic N) is 2. The molecule has 0 unspecified atom stereocenters. The number of nitrogen functional groups attached to an aromatic ring is 1. The molecule has 0 aliphatic rings. The molecule has 1 aromatic heterocycles. The summed E-state index contributed by atoms with van der Waals surface area (Å²) >= 11 is 5.92. The van der Waals surface area contributed by atoms with Gasteiger partial charge in [-0.25, -0.2) is 9.97 Å². The number of hydrogen-bond acceptors (Lipinski definition) is 6. The van der Waals surface area contributed by atoms with Crippen molar-refractivity contribution in [2.45, 2.75) is 13.5 Å². The quantitative estimate of drug-likeness (QED) is 0.397. The molecular formula is C25H22ClN3O3. The Labute approximate surface area is 191 Å². The molecule has 0 bridgehead atoms. The number of nitrogens with two attached hydrogens (primary N) is 1. The molecule has 162 valence electrons. The number of methoxy groups -OCH3 is 1. The van der Waals surface area contributed by atoms with Crippen LogP contribution in [0.25, 0.3) is 22.4 Å². The van der Waals surface area contributed by atoms with E-state index in [9.17, 15) is 5.11 Å². The first-order valence-corrected chi connectivity index (χ1v) is 10.3. The highest BCUT2D eigenvalue weighted by molar-refractivity contribution is 6.30. The Morgan fingerprint density at radius 2 is 1.62 bits per heavy atom. The van der Waals surface area contributed by atoms with Crippen molar-refractivity contribution in [1.82, 2.24) is 9.97 Å². The third kappa shape index (κ3) is 4.60. The highest BCUT2D eigenvalue weighted by atomic mass is 35.5. The van der Waals surface area contributed by atoms with Crippen LogP contribution in [-0.2, 0) is 6.61 Å². The second kappa shape index (κ2) is 9.16. The molecule has 3 aromatic carbocycles. The average Bonchev–Trinajstić information content (AvgIpc) is 2.78. The van der Waals surface area contributed by atoms with Crippen LogP contribution in [0.5, 0.6) is 17.2 Å². The van der Waals surface area contributed by atoms with Crippen LogP contribution in [0.15, 0.2) is 66.7 Å². The minimum atomic E-state index is 0.0332. The standard InChI is InChI=1S/C25H22ClN3O3/c1-15-23(17-5-9-19(31-2)10-6-17)24(29-25(27)28-15)21-12-11-20(13-22(21)30)32-14-16-3-7-18(26)8-4-16/h3-13,30H,14H2,1-2H3,(H2,27,28,29). The van der Waals surface area contributed by atoms with E-state index < -0.39 is 0 Å². The van der Waals surface area contributed by atoms with Gasteiger partial charge in [-0.2, -0.15) is 0 Å². The zero-order chi connectivity index (χ0) is 22.7. The van der Waals surface area contributed by atoms with Crippen LogP contribution in [0.3, 0.4) is 0 Å². The van der Waals surface area contributed by atoms with Gasteiger partial charge in [0.05, 0.1) is 18.5 Å². The molecule has 0 saturated heterocycles. The predicted octanol–water partition coefficient (Wildman–Crippen LogP) is 5.65. The van der Waals surface area contributed by atoms with E-state index in [1.165, 1.54) is 0 Å². The molecule has 0 spiro atoms. The van der Waals surface area contributed by atoms with Crippen molar-refractivity contribution in [1.29, 1.82) is 0 Å². The number of hydrogen-bond donors (Lipinski definition) is 2. The summed E-state index contributed by atoms with van der Waals surface area (Å²) < 4.78 is 11.1. The van der Waals surface area contributed by atoms with Crippen molar-refractivity contribution in [2.24, 2.45) is 0 Å². The van der Waals surface area contributed by atoms with Crippen LogP contribution in [-0.4, -0.2) is 22.2 Å². The van der Waals surface area contributed by atoms with Gasteiger partial charge in [0.25, 0.3) is 0 Å². The zero-order valence-corrected chi connectivity index (χ0v) is 18.4. The van der Waals surface area contributed by atoms with Crippen molar-refractivity contribution in [2.75, 3.05) is 12.8 Å². The lowest BCUT2D eigenvalue weighted by Crippen LogP contribution is -2.03. The summed E-state index contributed by atoms with van der Waals surface area (Å²) in [5.41, 5.74) is 10.4. The molecule has 32 heavy (non-hydrogen) atoms. The van der Waals surface area contributed by atoms with Crippen molar-refractivity contribution in [3.8, 4) is 39.6 Å². The molecule has 0 aliphatic carbocycles. The Morgan fingerprint density at radius 3 is 2.28 bits per heavy atom. The zero-order valence-electron chi connectivity index (χ0n) is 17.7. The predicted molar refractivity (Wildman–Crippen MR) is 126 cm³/mol. The topological polar surface area (TPSA) is 90.5 Å². The van der Waals surface area contributed by atoms with Crippen LogP contribution in [0.2, 0.25) is 5.02 Å². The SMILES string of the molecule is COc1ccc(-c2c(C)nc(N)nc2-c2ccc(OCc3ccc(Cl)cc3)cc2O)cc1. The Bertz CT molecular complexity index is 1240. The van der Waals surface area contributed by atoms with Gasteiger partial charge in [-0.05, 0) is 54.4 Å². The molecule has 3 N–H and O–H groups in total. The number of phenolic OH excluding ortho intramolecular Hbond substituents is 1. The van der Waals surface area contributed by atoms with E-state index in [1.807, 2.05) is 55.5 Å². The van der Waals surface area contributed by atoms with E-state index in [2.05, 4.69) is 9.97 Å². The number of halogens is 1. The lowest BCUT2D eigenvalue weighted by molar-refractivity contribution is 0.304. The largest absolute Gasteiger partial charge is 0.507 e. The molecule has 0 saturated carbocycles. The molecule has 0 amide bonds. The van der Waals surface area contributed by atoms with Gasteiger partial charge in [-0.3, -0.25) is 0 Å². The van der Waals surface area contributed by atoms with Crippen molar-refractivity contribution in [3.63, 3.8) is 0 Å². The van der Waals surface area contributed by atoms with Gasteiger partial charge in [-0.1, -0.05) is 35.9 Å². The van der Waals surface area contributed by atoms with E-state index in [1.54, 1.807) is 25.3 Å². The fourth-order valence-corrected chi connectivity index (χ4v) is 3.57. The van der Waals surface area contributed by atoms with E-state index in [0.717, 1.165) is 22.4 Å². The van der Waals surface area contributed by atoms with Crippen molar-refractivity contribution in [3.05, 3.63) is 83.0 Å². The Balaban J connectivity index is 1.67. The minimum Gasteiger partial charge on any atom is -0.507 e. The maximum absolute atomic E-state index is 10.8. The fourth-order valence-electron chi connectivity index (χ4n) is 3.44. The van der Waals surface area contributed by atoms with Gasteiger partial charge in [0.2, 0.25) is 5.95 Å². The molecule has 4 rings (SSSR count). The number of aromatic nitrogens is 2. The first-order chi connectivity index (χ1) is 15.4. The number of aromatic hydroxyl groups is 1. The van der Waals surface area contributed by atoms with Gasteiger partial charge < -0.3 is 20.3 Å². The number of benzene rings is 3. The van der Waals surface area contributed by atoms with Crippen molar-refractivity contribution >= 4 is 17.5 Å². The Morgan fingerprint density at radius 1 is 0.938 bits per heavy atom.